The van der Waals surface area contributed by atoms with E-state index >= 15 is 0 Å². The minimum atomic E-state index is 0. The maximum absolute atomic E-state index is 7.20. The van der Waals surface area contributed by atoms with Crippen LogP contribution in [0.5, 0.6) is 11.5 Å². The van der Waals surface area contributed by atoms with E-state index in [0.717, 1.165) is 94.1 Å². The molecule has 0 fully saturated rings. The second-order valence-corrected chi connectivity index (χ2v) is 23.9. The number of fused-ring (bicyclic) bond motifs is 7. The van der Waals surface area contributed by atoms with Crippen molar-refractivity contribution in [1.82, 2.24) is 24.1 Å². The molecule has 85 heavy (non-hydrogen) atoms. The zero-order valence-electron chi connectivity index (χ0n) is 49.6. The number of hydrogen-bond donors (Lipinski definition) is 0. The van der Waals surface area contributed by atoms with Crippen molar-refractivity contribution in [3.63, 3.8) is 0 Å². The predicted octanol–water partition coefficient (Wildman–Crippen LogP) is 21.1. The second-order valence-electron chi connectivity index (χ2n) is 23.9. The molecule has 420 valence electrons. The van der Waals surface area contributed by atoms with Gasteiger partial charge < -0.3 is 18.3 Å². The van der Waals surface area contributed by atoms with Crippen molar-refractivity contribution < 1.29 is 30.2 Å². The number of rotatable bonds is 12. The number of furan rings is 1. The monoisotopic (exact) mass is 1290 g/mol. The second kappa shape index (κ2) is 21.9. The molecule has 0 aliphatic rings. The van der Waals surface area contributed by atoms with Crippen LogP contribution in [-0.2, 0) is 21.1 Å². The maximum atomic E-state index is 7.20. The summed E-state index contributed by atoms with van der Waals surface area (Å²) in [6.07, 6.45) is 0. The van der Waals surface area contributed by atoms with Crippen molar-refractivity contribution in [1.29, 1.82) is 0 Å². The van der Waals surface area contributed by atoms with Gasteiger partial charge in [-0.1, -0.05) is 169 Å². The number of aryl methyl sites for hydroxylation is 2. The van der Waals surface area contributed by atoms with Crippen molar-refractivity contribution in [3.8, 4) is 67.9 Å². The van der Waals surface area contributed by atoms with E-state index in [9.17, 15) is 0 Å². The molecule has 0 saturated carbocycles. The van der Waals surface area contributed by atoms with Crippen LogP contribution in [0.1, 0.15) is 113 Å². The third-order valence-electron chi connectivity index (χ3n) is 16.8. The number of ether oxygens (including phenoxy) is 1. The molecule has 7 nitrogen and oxygen atoms in total. The van der Waals surface area contributed by atoms with E-state index in [1.54, 1.807) is 0 Å². The summed E-state index contributed by atoms with van der Waals surface area (Å²) in [5.41, 5.74) is 20.7. The van der Waals surface area contributed by atoms with Crippen molar-refractivity contribution in [3.05, 3.63) is 234 Å². The SMILES string of the molecule is Cc1cc2cc3cc4oc5c(-c6nc7ccccc7n6-c6c(C(C)C)cc(-c7ccccc7)cc6C(C)C)[c-]c(Oc6[c-]c(-c7nc8ccccc8n7-c7c(C(C)C)cc(-c8ccccc8)cc7C(C)C)ccc6)cc5c4cc3cc2c(C)n1.[Pt+2]. The van der Waals surface area contributed by atoms with E-state index < -0.39 is 0 Å². The van der Waals surface area contributed by atoms with Crippen molar-refractivity contribution >= 4 is 65.6 Å². The van der Waals surface area contributed by atoms with Gasteiger partial charge in [0.05, 0.1) is 39.3 Å². The summed E-state index contributed by atoms with van der Waals surface area (Å²) in [6.45, 7) is 22.4. The number of benzene rings is 10. The molecular formula is C77H65N5O2Pt. The van der Waals surface area contributed by atoms with Crippen molar-refractivity contribution in [2.45, 2.75) is 92.9 Å². The number of nitrogens with zero attached hydrogens (tertiary/aromatic N) is 5. The van der Waals surface area contributed by atoms with E-state index in [0.29, 0.717) is 28.5 Å². The molecular weight excluding hydrogens is 1220 g/mol. The molecule has 0 aliphatic carbocycles. The van der Waals surface area contributed by atoms with E-state index in [1.165, 1.54) is 44.5 Å². The Kier molecular flexibility index (Phi) is 14.3. The topological polar surface area (TPSA) is 70.9 Å². The first-order chi connectivity index (χ1) is 40.7. The van der Waals surface area contributed by atoms with Crippen LogP contribution in [0.4, 0.5) is 0 Å². The molecule has 4 aromatic heterocycles. The van der Waals surface area contributed by atoms with Crippen LogP contribution in [-0.4, -0.2) is 24.1 Å². The van der Waals surface area contributed by atoms with Crippen LogP contribution < -0.4 is 4.74 Å². The Morgan fingerprint density at radius 1 is 0.424 bits per heavy atom. The average Bonchev–Trinajstić information content (AvgIpc) is 1.74. The number of pyridine rings is 1. The number of aromatic nitrogens is 5. The molecule has 8 heteroatoms. The minimum absolute atomic E-state index is 0. The summed E-state index contributed by atoms with van der Waals surface area (Å²) in [5.74, 6) is 3.29. The number of hydrogen-bond acceptors (Lipinski definition) is 5. The molecule has 0 saturated heterocycles. The van der Waals surface area contributed by atoms with Crippen LogP contribution in [0.25, 0.3) is 122 Å². The largest absolute Gasteiger partial charge is 2.00 e. The van der Waals surface area contributed by atoms with Crippen LogP contribution in [0, 0.1) is 26.0 Å². The Labute approximate surface area is 511 Å². The summed E-state index contributed by atoms with van der Waals surface area (Å²) in [4.78, 5) is 15.9. The maximum Gasteiger partial charge on any atom is 2.00 e. The standard InChI is InChI=1S/C77H65N5O2.Pt/c1-44(2)60-35-54(50-22-13-11-14-23-50)36-61(45(3)4)73(60)81-70-30-19-17-28-68(70)79-76(81)52-26-21-27-58(34-52)83-59-42-66-65-40-56-39-64-49(10)78-48(9)32-57(64)33-53(56)41-72(65)84-75(66)67(43-59)77-80-69-29-18-20-31-71(69)82(77)74-62(46(5)6)37-55(38-63(74)47(7)8)51-24-15-12-16-25-51;/h11-33,35-42,44-47H,1-10H3;/q-2;+2. The van der Waals surface area contributed by atoms with Gasteiger partial charge in [0, 0.05) is 45.0 Å². The summed E-state index contributed by atoms with van der Waals surface area (Å²) >= 11 is 0. The third kappa shape index (κ3) is 9.73. The van der Waals surface area contributed by atoms with Gasteiger partial charge in [0.15, 0.2) is 0 Å². The smallest absolute Gasteiger partial charge is 0.501 e. The zero-order chi connectivity index (χ0) is 57.7. The minimum Gasteiger partial charge on any atom is -0.501 e. The molecule has 0 amide bonds. The van der Waals surface area contributed by atoms with Crippen LogP contribution >= 0.6 is 0 Å². The van der Waals surface area contributed by atoms with Gasteiger partial charge in [-0.15, -0.1) is 23.8 Å². The third-order valence-corrected chi connectivity index (χ3v) is 16.8. The van der Waals surface area contributed by atoms with Gasteiger partial charge in [-0.05, 0) is 177 Å². The first kappa shape index (κ1) is 55.3. The average molecular weight is 1290 g/mol. The first-order valence-corrected chi connectivity index (χ1v) is 29.5. The van der Waals surface area contributed by atoms with Gasteiger partial charge in [-0.3, -0.25) is 15.0 Å². The number of para-hydroxylation sites is 4. The quantitative estimate of drug-likeness (QED) is 0.0900. The van der Waals surface area contributed by atoms with Crippen molar-refractivity contribution in [2.75, 3.05) is 0 Å². The summed E-state index contributed by atoms with van der Waals surface area (Å²) in [6, 6.07) is 74.6. The summed E-state index contributed by atoms with van der Waals surface area (Å²) < 4.78 is 19.1. The van der Waals surface area contributed by atoms with Crippen LogP contribution in [0.15, 0.2) is 192 Å². The van der Waals surface area contributed by atoms with Gasteiger partial charge in [0.25, 0.3) is 0 Å². The summed E-state index contributed by atoms with van der Waals surface area (Å²) in [7, 11) is 0. The fraction of sp³-hybridized carbons (Fsp3) is 0.182. The zero-order valence-corrected chi connectivity index (χ0v) is 51.8. The molecule has 0 N–H and O–H groups in total. The predicted molar refractivity (Wildman–Crippen MR) is 348 cm³/mol. The van der Waals surface area contributed by atoms with Crippen molar-refractivity contribution in [2.24, 2.45) is 0 Å². The Bertz CT molecular complexity index is 4850. The molecule has 4 heterocycles. The molecule has 0 bridgehead atoms. The number of imidazole rings is 2. The Morgan fingerprint density at radius 3 is 1.49 bits per heavy atom. The van der Waals surface area contributed by atoms with E-state index in [1.807, 2.05) is 12.1 Å². The van der Waals surface area contributed by atoms with E-state index in [4.69, 9.17) is 24.1 Å². The Morgan fingerprint density at radius 2 is 0.929 bits per heavy atom. The normalized spacial score (nSPS) is 12.0. The first-order valence-electron chi connectivity index (χ1n) is 29.5. The van der Waals surface area contributed by atoms with Gasteiger partial charge in [-0.2, -0.15) is 0 Å². The fourth-order valence-electron chi connectivity index (χ4n) is 12.7. The van der Waals surface area contributed by atoms with E-state index in [-0.39, 0.29) is 44.7 Å². The summed E-state index contributed by atoms with van der Waals surface area (Å²) in [5, 5.41) is 6.30. The van der Waals surface area contributed by atoms with Gasteiger partial charge >= 0.3 is 21.1 Å². The van der Waals surface area contributed by atoms with Crippen LogP contribution in [0.3, 0.4) is 0 Å². The molecule has 10 aromatic carbocycles. The van der Waals surface area contributed by atoms with Gasteiger partial charge in [0.2, 0.25) is 0 Å². The molecule has 14 rings (SSSR count). The molecule has 0 unspecified atom stereocenters. The molecule has 0 spiro atoms. The Balaban J connectivity index is 0.00000672. The molecule has 0 radical (unpaired) electrons. The Hall–Kier alpha value is -8.90. The van der Waals surface area contributed by atoms with E-state index in [2.05, 4.69) is 266 Å². The fourth-order valence-corrected chi connectivity index (χ4v) is 12.7. The van der Waals surface area contributed by atoms with Gasteiger partial charge in [-0.25, -0.2) is 0 Å². The van der Waals surface area contributed by atoms with Crippen LogP contribution in [0.2, 0.25) is 0 Å². The molecule has 14 aromatic rings. The van der Waals surface area contributed by atoms with Gasteiger partial charge in [0.1, 0.15) is 5.58 Å². The molecule has 0 atom stereocenters. The molecule has 0 aliphatic heterocycles.